The van der Waals surface area contributed by atoms with Gasteiger partial charge in [0.05, 0.1) is 11.3 Å². The van der Waals surface area contributed by atoms with E-state index in [1.807, 2.05) is 47.8 Å². The van der Waals surface area contributed by atoms with Crippen LogP contribution in [0.15, 0.2) is 36.5 Å². The Balaban J connectivity index is 0.00000192. The molecule has 1 unspecified atom stereocenters. The van der Waals surface area contributed by atoms with Gasteiger partial charge in [0.15, 0.2) is 0 Å². The Labute approximate surface area is 143 Å². The van der Waals surface area contributed by atoms with Crippen LogP contribution in [0.25, 0.3) is 0 Å². The molecule has 3 rings (SSSR count). The van der Waals surface area contributed by atoms with E-state index in [0.29, 0.717) is 6.54 Å². The van der Waals surface area contributed by atoms with Crippen LogP contribution in [0, 0.1) is 6.92 Å². The highest BCUT2D eigenvalue weighted by atomic mass is 35.5. The number of piperazine rings is 1. The molecule has 1 atom stereocenters. The first-order valence-corrected chi connectivity index (χ1v) is 7.80. The average molecular weight is 335 g/mol. The SMILES string of the molecule is CCn1cc(C(=O)N2CCNC(c3ccccc3)C2)c(C)n1.Cl. The quantitative estimate of drug-likeness (QED) is 0.937. The molecule has 1 fully saturated rings. The molecular formula is C17H23ClN4O. The maximum absolute atomic E-state index is 12.8. The minimum atomic E-state index is 0. The number of aromatic nitrogens is 2. The highest BCUT2D eigenvalue weighted by molar-refractivity contribution is 5.95. The van der Waals surface area contributed by atoms with Crippen LogP contribution >= 0.6 is 12.4 Å². The summed E-state index contributed by atoms with van der Waals surface area (Å²) < 4.78 is 1.82. The number of nitrogens with one attached hydrogen (secondary N) is 1. The monoisotopic (exact) mass is 334 g/mol. The van der Waals surface area contributed by atoms with Crippen LogP contribution in [-0.4, -0.2) is 40.2 Å². The van der Waals surface area contributed by atoms with E-state index in [0.717, 1.165) is 30.9 Å². The zero-order valence-electron chi connectivity index (χ0n) is 13.5. The maximum atomic E-state index is 12.8. The summed E-state index contributed by atoms with van der Waals surface area (Å²) in [5, 5.41) is 7.86. The van der Waals surface area contributed by atoms with Gasteiger partial charge in [-0.2, -0.15) is 5.10 Å². The summed E-state index contributed by atoms with van der Waals surface area (Å²) >= 11 is 0. The molecule has 1 N–H and O–H groups in total. The van der Waals surface area contributed by atoms with Crippen LogP contribution in [0.4, 0.5) is 0 Å². The standard InChI is InChI=1S/C17H22N4O.ClH/c1-3-21-11-15(13(2)19-21)17(22)20-10-9-18-16(12-20)14-7-5-4-6-8-14;/h4-8,11,16,18H,3,9-10,12H2,1-2H3;1H. The lowest BCUT2D eigenvalue weighted by molar-refractivity contribution is 0.0702. The van der Waals surface area contributed by atoms with Gasteiger partial charge < -0.3 is 10.2 Å². The third-order valence-corrected chi connectivity index (χ3v) is 4.17. The van der Waals surface area contributed by atoms with Crippen molar-refractivity contribution in [3.05, 3.63) is 53.3 Å². The minimum absolute atomic E-state index is 0. The van der Waals surface area contributed by atoms with E-state index in [1.165, 1.54) is 5.56 Å². The second kappa shape index (κ2) is 7.62. The number of carbonyl (C=O) groups excluding carboxylic acids is 1. The summed E-state index contributed by atoms with van der Waals surface area (Å²) in [6.45, 7) is 6.94. The first kappa shape index (κ1) is 17.5. The summed E-state index contributed by atoms with van der Waals surface area (Å²) in [5.41, 5.74) is 2.75. The Morgan fingerprint density at radius 3 is 2.74 bits per heavy atom. The fourth-order valence-electron chi connectivity index (χ4n) is 2.90. The van der Waals surface area contributed by atoms with E-state index in [-0.39, 0.29) is 24.4 Å². The van der Waals surface area contributed by atoms with Gasteiger partial charge in [-0.3, -0.25) is 9.48 Å². The van der Waals surface area contributed by atoms with Crippen LogP contribution < -0.4 is 5.32 Å². The molecule has 2 aromatic rings. The number of nitrogens with zero attached hydrogens (tertiary/aromatic N) is 3. The van der Waals surface area contributed by atoms with Gasteiger partial charge in [-0.15, -0.1) is 12.4 Å². The lowest BCUT2D eigenvalue weighted by Gasteiger charge is -2.34. The van der Waals surface area contributed by atoms with Gasteiger partial charge in [-0.05, 0) is 19.4 Å². The van der Waals surface area contributed by atoms with Crippen molar-refractivity contribution in [1.29, 1.82) is 0 Å². The number of hydrogen-bond acceptors (Lipinski definition) is 3. The van der Waals surface area contributed by atoms with E-state index in [1.54, 1.807) is 0 Å². The molecule has 6 heteroatoms. The van der Waals surface area contributed by atoms with Crippen molar-refractivity contribution in [1.82, 2.24) is 20.0 Å². The van der Waals surface area contributed by atoms with Gasteiger partial charge in [0, 0.05) is 38.4 Å². The minimum Gasteiger partial charge on any atom is -0.335 e. The molecule has 1 aliphatic rings. The van der Waals surface area contributed by atoms with E-state index in [9.17, 15) is 4.79 Å². The van der Waals surface area contributed by atoms with Gasteiger partial charge >= 0.3 is 0 Å². The molecule has 124 valence electrons. The number of carbonyl (C=O) groups is 1. The van der Waals surface area contributed by atoms with Gasteiger partial charge in [-0.25, -0.2) is 0 Å². The first-order valence-electron chi connectivity index (χ1n) is 7.80. The van der Waals surface area contributed by atoms with E-state index in [4.69, 9.17) is 0 Å². The van der Waals surface area contributed by atoms with Crippen LogP contribution in [0.2, 0.25) is 0 Å². The zero-order valence-corrected chi connectivity index (χ0v) is 14.3. The molecule has 5 nitrogen and oxygen atoms in total. The zero-order chi connectivity index (χ0) is 15.5. The molecule has 1 aromatic heterocycles. The smallest absolute Gasteiger partial charge is 0.257 e. The van der Waals surface area contributed by atoms with Gasteiger partial charge in [0.2, 0.25) is 0 Å². The van der Waals surface area contributed by atoms with E-state index in [2.05, 4.69) is 22.5 Å². The topological polar surface area (TPSA) is 50.2 Å². The summed E-state index contributed by atoms with van der Waals surface area (Å²) in [6.07, 6.45) is 1.86. The molecular weight excluding hydrogens is 312 g/mol. The highest BCUT2D eigenvalue weighted by Gasteiger charge is 2.26. The molecule has 0 bridgehead atoms. The summed E-state index contributed by atoms with van der Waals surface area (Å²) in [7, 11) is 0. The normalized spacial score (nSPS) is 17.7. The van der Waals surface area contributed by atoms with Crippen LogP contribution in [0.5, 0.6) is 0 Å². The summed E-state index contributed by atoms with van der Waals surface area (Å²) in [5.74, 6) is 0.0830. The average Bonchev–Trinajstić information content (AvgIpc) is 2.96. The van der Waals surface area contributed by atoms with Crippen molar-refractivity contribution in [2.45, 2.75) is 26.4 Å². The van der Waals surface area contributed by atoms with Crippen molar-refractivity contribution >= 4 is 18.3 Å². The molecule has 1 aliphatic heterocycles. The number of benzene rings is 1. The van der Waals surface area contributed by atoms with Crippen LogP contribution in [0.3, 0.4) is 0 Å². The lowest BCUT2D eigenvalue weighted by atomic mass is 10.0. The maximum Gasteiger partial charge on any atom is 0.257 e. The largest absolute Gasteiger partial charge is 0.335 e. The first-order chi connectivity index (χ1) is 10.7. The Morgan fingerprint density at radius 2 is 2.09 bits per heavy atom. The van der Waals surface area contributed by atoms with Crippen molar-refractivity contribution in [2.75, 3.05) is 19.6 Å². The molecule has 2 heterocycles. The number of halogens is 1. The molecule has 1 amide bonds. The molecule has 0 saturated carbocycles. The highest BCUT2D eigenvalue weighted by Crippen LogP contribution is 2.19. The molecule has 0 radical (unpaired) electrons. The number of hydrogen-bond donors (Lipinski definition) is 1. The fraction of sp³-hybridized carbons (Fsp3) is 0.412. The fourth-order valence-corrected chi connectivity index (χ4v) is 2.90. The van der Waals surface area contributed by atoms with Gasteiger partial charge in [0.1, 0.15) is 0 Å². The second-order valence-electron chi connectivity index (χ2n) is 5.65. The van der Waals surface area contributed by atoms with Crippen molar-refractivity contribution in [3.63, 3.8) is 0 Å². The Morgan fingerprint density at radius 1 is 1.35 bits per heavy atom. The van der Waals surface area contributed by atoms with Gasteiger partial charge in [0.25, 0.3) is 5.91 Å². The van der Waals surface area contributed by atoms with Crippen molar-refractivity contribution in [2.24, 2.45) is 0 Å². The molecule has 1 saturated heterocycles. The molecule has 0 aliphatic carbocycles. The third-order valence-electron chi connectivity index (χ3n) is 4.17. The summed E-state index contributed by atoms with van der Waals surface area (Å²) in [6, 6.07) is 10.5. The number of aryl methyl sites for hydroxylation is 2. The van der Waals surface area contributed by atoms with E-state index >= 15 is 0 Å². The third kappa shape index (κ3) is 3.74. The van der Waals surface area contributed by atoms with E-state index < -0.39 is 0 Å². The predicted molar refractivity (Wildman–Crippen MR) is 93.0 cm³/mol. The predicted octanol–water partition coefficient (Wildman–Crippen LogP) is 2.42. The molecule has 1 aromatic carbocycles. The van der Waals surface area contributed by atoms with Crippen LogP contribution in [-0.2, 0) is 6.54 Å². The number of amides is 1. The summed E-state index contributed by atoms with van der Waals surface area (Å²) in [4.78, 5) is 14.7. The van der Waals surface area contributed by atoms with Crippen molar-refractivity contribution in [3.8, 4) is 0 Å². The Hall–Kier alpha value is -1.85. The molecule has 0 spiro atoms. The van der Waals surface area contributed by atoms with Crippen LogP contribution in [0.1, 0.15) is 34.6 Å². The second-order valence-corrected chi connectivity index (χ2v) is 5.65. The number of rotatable bonds is 3. The Bertz CT molecular complexity index is 656. The van der Waals surface area contributed by atoms with Crippen molar-refractivity contribution < 1.29 is 4.79 Å². The van der Waals surface area contributed by atoms with Gasteiger partial charge in [-0.1, -0.05) is 30.3 Å². The Kier molecular flexibility index (Phi) is 5.80. The molecule has 23 heavy (non-hydrogen) atoms. The lowest BCUT2D eigenvalue weighted by Crippen LogP contribution is -2.48.